The van der Waals surface area contributed by atoms with Gasteiger partial charge in [0.15, 0.2) is 0 Å². The molecule has 0 aliphatic carbocycles. The molecule has 0 amide bonds. The van der Waals surface area contributed by atoms with Crippen LogP contribution in [-0.2, 0) is 25.8 Å². The lowest BCUT2D eigenvalue weighted by Crippen LogP contribution is -2.38. The molecule has 0 unspecified atom stereocenters. The fourth-order valence-corrected chi connectivity index (χ4v) is 2.59. The Hall–Kier alpha value is -1.84. The molecule has 0 saturated heterocycles. The molecule has 2 N–H and O–H groups in total. The van der Waals surface area contributed by atoms with Crippen molar-refractivity contribution >= 4 is 11.9 Å². The Kier molecular flexibility index (Phi) is 4.48. The Morgan fingerprint density at radius 3 is 1.55 bits per heavy atom. The monoisotopic (exact) mass is 306 g/mol. The quantitative estimate of drug-likeness (QED) is 0.889. The van der Waals surface area contributed by atoms with Gasteiger partial charge in [0, 0.05) is 0 Å². The van der Waals surface area contributed by atoms with E-state index in [4.69, 9.17) is 0 Å². The normalized spacial score (nSPS) is 13.0. The predicted octanol–water partition coefficient (Wildman–Crippen LogP) is 3.71. The van der Waals surface area contributed by atoms with Gasteiger partial charge in [0.2, 0.25) is 0 Å². The number of benzene rings is 1. The van der Waals surface area contributed by atoms with Gasteiger partial charge >= 0.3 is 11.9 Å². The van der Waals surface area contributed by atoms with Gasteiger partial charge in [-0.1, -0.05) is 39.0 Å². The van der Waals surface area contributed by atoms with E-state index in [1.807, 2.05) is 32.9 Å². The SMILES string of the molecule is CC(C)(C)c1cccc(C(C)(C)C(=O)O)c1C(C)(C)C(=O)O. The van der Waals surface area contributed by atoms with Gasteiger partial charge in [-0.3, -0.25) is 9.59 Å². The third kappa shape index (κ3) is 3.01. The van der Waals surface area contributed by atoms with Crippen LogP contribution in [0.5, 0.6) is 0 Å². The van der Waals surface area contributed by atoms with Crippen LogP contribution in [0.4, 0.5) is 0 Å². The highest BCUT2D eigenvalue weighted by molar-refractivity contribution is 5.86. The summed E-state index contributed by atoms with van der Waals surface area (Å²) in [5.74, 6) is -1.94. The maximum absolute atomic E-state index is 11.8. The summed E-state index contributed by atoms with van der Waals surface area (Å²) < 4.78 is 0. The number of hydrogen-bond donors (Lipinski definition) is 2. The maximum atomic E-state index is 11.8. The second-order valence-corrected chi connectivity index (χ2v) is 7.84. The van der Waals surface area contributed by atoms with Crippen molar-refractivity contribution < 1.29 is 19.8 Å². The minimum absolute atomic E-state index is 0.285. The van der Waals surface area contributed by atoms with Crippen LogP contribution in [0.25, 0.3) is 0 Å². The summed E-state index contributed by atoms with van der Waals surface area (Å²) in [6, 6.07) is 5.42. The Morgan fingerprint density at radius 1 is 0.773 bits per heavy atom. The zero-order valence-electron chi connectivity index (χ0n) is 14.4. The molecule has 0 bridgehead atoms. The van der Waals surface area contributed by atoms with Gasteiger partial charge in [0.25, 0.3) is 0 Å². The van der Waals surface area contributed by atoms with E-state index in [1.54, 1.807) is 33.8 Å². The van der Waals surface area contributed by atoms with Crippen LogP contribution < -0.4 is 0 Å². The van der Waals surface area contributed by atoms with E-state index in [1.165, 1.54) is 0 Å². The number of carbonyl (C=O) groups is 2. The van der Waals surface area contributed by atoms with Crippen LogP contribution >= 0.6 is 0 Å². The summed E-state index contributed by atoms with van der Waals surface area (Å²) in [5, 5.41) is 19.2. The summed E-state index contributed by atoms with van der Waals surface area (Å²) in [6.07, 6.45) is 0. The lowest BCUT2D eigenvalue weighted by molar-refractivity contribution is -0.144. The van der Waals surface area contributed by atoms with E-state index in [2.05, 4.69) is 0 Å². The van der Waals surface area contributed by atoms with Crippen molar-refractivity contribution in [3.63, 3.8) is 0 Å². The first-order valence-electron chi connectivity index (χ1n) is 7.35. The Labute approximate surface area is 132 Å². The molecule has 1 aromatic carbocycles. The third-order valence-corrected chi connectivity index (χ3v) is 4.24. The van der Waals surface area contributed by atoms with Crippen molar-refractivity contribution in [2.75, 3.05) is 0 Å². The Bertz CT molecular complexity index is 604. The number of carboxylic acid groups (broad SMARTS) is 2. The van der Waals surface area contributed by atoms with Gasteiger partial charge in [-0.25, -0.2) is 0 Å². The molecule has 122 valence electrons. The van der Waals surface area contributed by atoms with Crippen molar-refractivity contribution in [1.82, 2.24) is 0 Å². The molecule has 22 heavy (non-hydrogen) atoms. The minimum atomic E-state index is -1.17. The zero-order chi connectivity index (χ0) is 17.5. The number of aliphatic carboxylic acids is 2. The first-order chi connectivity index (χ1) is 9.74. The van der Waals surface area contributed by atoms with Crippen molar-refractivity contribution in [2.24, 2.45) is 0 Å². The molecule has 4 heteroatoms. The smallest absolute Gasteiger partial charge is 0.313 e. The second-order valence-electron chi connectivity index (χ2n) is 7.84. The van der Waals surface area contributed by atoms with E-state index in [0.29, 0.717) is 11.1 Å². The van der Waals surface area contributed by atoms with Crippen LogP contribution in [0.3, 0.4) is 0 Å². The summed E-state index contributed by atoms with van der Waals surface area (Å²) >= 11 is 0. The van der Waals surface area contributed by atoms with Gasteiger partial charge in [0.1, 0.15) is 0 Å². The minimum Gasteiger partial charge on any atom is -0.481 e. The first kappa shape index (κ1) is 18.2. The molecule has 1 aromatic rings. The molecule has 0 spiro atoms. The molecule has 0 heterocycles. The fraction of sp³-hybridized carbons (Fsp3) is 0.556. The molecule has 0 aromatic heterocycles. The second kappa shape index (κ2) is 5.41. The van der Waals surface area contributed by atoms with Crippen molar-refractivity contribution in [3.05, 3.63) is 34.9 Å². The van der Waals surface area contributed by atoms with E-state index in [-0.39, 0.29) is 5.41 Å². The maximum Gasteiger partial charge on any atom is 0.313 e. The summed E-state index contributed by atoms with van der Waals surface area (Å²) in [5.41, 5.74) is -0.601. The van der Waals surface area contributed by atoms with Crippen molar-refractivity contribution in [1.29, 1.82) is 0 Å². The standard InChI is InChI=1S/C18H26O4/c1-16(2,3)11-9-8-10-12(17(4,5)14(19)20)13(11)18(6,7)15(21)22/h8-10H,1-7H3,(H,19,20)(H,21,22). The highest BCUT2D eigenvalue weighted by Gasteiger charge is 2.42. The van der Waals surface area contributed by atoms with Gasteiger partial charge in [-0.05, 0) is 49.8 Å². The van der Waals surface area contributed by atoms with Crippen LogP contribution in [0.15, 0.2) is 18.2 Å². The van der Waals surface area contributed by atoms with Gasteiger partial charge in [-0.15, -0.1) is 0 Å². The summed E-state index contributed by atoms with van der Waals surface area (Å²) in [6.45, 7) is 12.5. The van der Waals surface area contributed by atoms with Crippen LogP contribution in [0.2, 0.25) is 0 Å². The molecular weight excluding hydrogens is 280 g/mol. The molecule has 0 aliphatic rings. The zero-order valence-corrected chi connectivity index (χ0v) is 14.4. The molecule has 0 atom stereocenters. The number of carboxylic acids is 2. The van der Waals surface area contributed by atoms with Crippen molar-refractivity contribution in [2.45, 2.75) is 64.7 Å². The third-order valence-electron chi connectivity index (χ3n) is 4.24. The number of hydrogen-bond acceptors (Lipinski definition) is 2. The topological polar surface area (TPSA) is 74.6 Å². The lowest BCUT2D eigenvalue weighted by atomic mass is 9.67. The summed E-state index contributed by atoms with van der Waals surface area (Å²) in [7, 11) is 0. The highest BCUT2D eigenvalue weighted by atomic mass is 16.4. The van der Waals surface area contributed by atoms with Crippen LogP contribution in [0, 0.1) is 0 Å². The molecule has 0 radical (unpaired) electrons. The first-order valence-corrected chi connectivity index (χ1v) is 7.35. The lowest BCUT2D eigenvalue weighted by Gasteiger charge is -2.35. The van der Waals surface area contributed by atoms with Gasteiger partial charge in [0.05, 0.1) is 10.8 Å². The highest BCUT2D eigenvalue weighted by Crippen LogP contribution is 2.41. The Balaban J connectivity index is 3.90. The largest absolute Gasteiger partial charge is 0.481 e. The molecule has 0 saturated carbocycles. The molecule has 1 rings (SSSR count). The molecular formula is C18H26O4. The van der Waals surface area contributed by atoms with Crippen LogP contribution in [-0.4, -0.2) is 22.2 Å². The average molecular weight is 306 g/mol. The predicted molar refractivity (Wildman–Crippen MR) is 86.5 cm³/mol. The van der Waals surface area contributed by atoms with Gasteiger partial charge < -0.3 is 10.2 Å². The summed E-state index contributed by atoms with van der Waals surface area (Å²) in [4.78, 5) is 23.5. The van der Waals surface area contributed by atoms with E-state index >= 15 is 0 Å². The van der Waals surface area contributed by atoms with Crippen LogP contribution in [0.1, 0.15) is 65.2 Å². The van der Waals surface area contributed by atoms with Crippen molar-refractivity contribution in [3.8, 4) is 0 Å². The molecule has 4 nitrogen and oxygen atoms in total. The molecule has 0 aliphatic heterocycles. The van der Waals surface area contributed by atoms with E-state index < -0.39 is 22.8 Å². The van der Waals surface area contributed by atoms with Gasteiger partial charge in [-0.2, -0.15) is 0 Å². The van der Waals surface area contributed by atoms with E-state index in [0.717, 1.165) is 5.56 Å². The molecule has 0 fully saturated rings. The Morgan fingerprint density at radius 2 is 1.18 bits per heavy atom. The van der Waals surface area contributed by atoms with E-state index in [9.17, 15) is 19.8 Å². The number of rotatable bonds is 4. The fourth-order valence-electron chi connectivity index (χ4n) is 2.59. The average Bonchev–Trinajstić information content (AvgIpc) is 2.36.